The smallest absolute Gasteiger partial charge is 0.119 e. The monoisotopic (exact) mass is 267 g/mol. The number of aliphatic hydroxyl groups is 1. The van der Waals surface area contributed by atoms with Crippen molar-refractivity contribution in [2.24, 2.45) is 0 Å². The summed E-state index contributed by atoms with van der Waals surface area (Å²) < 4.78 is 10.5. The fourth-order valence-corrected chi connectivity index (χ4v) is 1.75. The molecule has 4 heteroatoms. The van der Waals surface area contributed by atoms with Crippen molar-refractivity contribution >= 4 is 0 Å². The van der Waals surface area contributed by atoms with Crippen LogP contribution < -0.4 is 10.1 Å². The second-order valence-electron chi connectivity index (χ2n) is 4.46. The van der Waals surface area contributed by atoms with Gasteiger partial charge in [-0.1, -0.05) is 19.1 Å². The van der Waals surface area contributed by atoms with Crippen LogP contribution in [0.15, 0.2) is 24.3 Å². The Kier molecular flexibility index (Phi) is 8.21. The Morgan fingerprint density at radius 2 is 2.16 bits per heavy atom. The second kappa shape index (κ2) is 9.78. The molecule has 0 aromatic heterocycles. The Hall–Kier alpha value is -1.10. The third kappa shape index (κ3) is 6.57. The minimum absolute atomic E-state index is 0.508. The van der Waals surface area contributed by atoms with Crippen molar-refractivity contribution in [2.45, 2.75) is 25.9 Å². The van der Waals surface area contributed by atoms with Crippen molar-refractivity contribution in [3.8, 4) is 5.75 Å². The van der Waals surface area contributed by atoms with E-state index < -0.39 is 6.10 Å². The van der Waals surface area contributed by atoms with Crippen LogP contribution in [0.3, 0.4) is 0 Å². The minimum Gasteiger partial charge on any atom is -0.497 e. The maximum absolute atomic E-state index is 10.0. The molecule has 0 aliphatic carbocycles. The third-order valence-electron chi connectivity index (χ3n) is 2.81. The van der Waals surface area contributed by atoms with E-state index in [4.69, 9.17) is 9.47 Å². The third-order valence-corrected chi connectivity index (χ3v) is 2.81. The van der Waals surface area contributed by atoms with Gasteiger partial charge in [0.25, 0.3) is 0 Å². The molecule has 1 aromatic carbocycles. The summed E-state index contributed by atoms with van der Waals surface area (Å²) in [5, 5.41) is 13.3. The fourth-order valence-electron chi connectivity index (χ4n) is 1.75. The molecule has 0 heterocycles. The van der Waals surface area contributed by atoms with E-state index in [-0.39, 0.29) is 0 Å². The Morgan fingerprint density at radius 1 is 1.32 bits per heavy atom. The van der Waals surface area contributed by atoms with Crippen molar-refractivity contribution in [1.29, 1.82) is 0 Å². The van der Waals surface area contributed by atoms with Crippen molar-refractivity contribution in [1.82, 2.24) is 5.32 Å². The molecule has 0 aliphatic heterocycles. The minimum atomic E-state index is -0.508. The van der Waals surface area contributed by atoms with Gasteiger partial charge in [0, 0.05) is 19.8 Å². The molecule has 0 saturated carbocycles. The van der Waals surface area contributed by atoms with Gasteiger partial charge < -0.3 is 19.9 Å². The number of methoxy groups -OCH3 is 1. The van der Waals surface area contributed by atoms with Gasteiger partial charge in [-0.2, -0.15) is 0 Å². The Morgan fingerprint density at radius 3 is 2.89 bits per heavy atom. The van der Waals surface area contributed by atoms with Crippen LogP contribution in [0.4, 0.5) is 0 Å². The van der Waals surface area contributed by atoms with Gasteiger partial charge in [0.15, 0.2) is 0 Å². The fraction of sp³-hybridized carbons (Fsp3) is 0.600. The first-order valence-corrected chi connectivity index (χ1v) is 6.88. The molecule has 0 spiro atoms. The average molecular weight is 267 g/mol. The average Bonchev–Trinajstić information content (AvgIpc) is 2.46. The molecular formula is C15H25NO3. The molecule has 1 rings (SSSR count). The molecule has 4 nitrogen and oxygen atoms in total. The summed E-state index contributed by atoms with van der Waals surface area (Å²) in [4.78, 5) is 0. The van der Waals surface area contributed by atoms with E-state index >= 15 is 0 Å². The normalized spacial score (nSPS) is 12.4. The van der Waals surface area contributed by atoms with Gasteiger partial charge in [-0.05, 0) is 37.1 Å². The Labute approximate surface area is 115 Å². The highest BCUT2D eigenvalue weighted by molar-refractivity contribution is 5.29. The maximum Gasteiger partial charge on any atom is 0.119 e. The van der Waals surface area contributed by atoms with Gasteiger partial charge in [0.1, 0.15) is 5.75 Å². The second-order valence-corrected chi connectivity index (χ2v) is 4.46. The number of nitrogens with one attached hydrogen (secondary N) is 1. The van der Waals surface area contributed by atoms with Crippen LogP contribution in [-0.4, -0.2) is 38.5 Å². The van der Waals surface area contributed by atoms with Gasteiger partial charge in [-0.25, -0.2) is 0 Å². The zero-order valence-electron chi connectivity index (χ0n) is 11.9. The van der Waals surface area contributed by atoms with Crippen LogP contribution in [0.25, 0.3) is 0 Å². The summed E-state index contributed by atoms with van der Waals surface area (Å²) in [7, 11) is 1.63. The predicted octanol–water partition coefficient (Wildman–Crippen LogP) is 2.13. The number of hydrogen-bond acceptors (Lipinski definition) is 4. The molecule has 108 valence electrons. The molecule has 19 heavy (non-hydrogen) atoms. The predicted molar refractivity (Wildman–Crippen MR) is 76.6 cm³/mol. The van der Waals surface area contributed by atoms with E-state index in [0.29, 0.717) is 6.54 Å². The molecular weight excluding hydrogens is 242 g/mol. The highest BCUT2D eigenvalue weighted by Crippen LogP contribution is 2.18. The van der Waals surface area contributed by atoms with E-state index in [1.165, 1.54) is 0 Å². The quantitative estimate of drug-likeness (QED) is 0.638. The lowest BCUT2D eigenvalue weighted by Gasteiger charge is -2.13. The number of aliphatic hydroxyl groups excluding tert-OH is 1. The van der Waals surface area contributed by atoms with E-state index in [1.807, 2.05) is 24.3 Å². The van der Waals surface area contributed by atoms with Crippen LogP contribution >= 0.6 is 0 Å². The van der Waals surface area contributed by atoms with E-state index in [9.17, 15) is 5.11 Å². The first-order chi connectivity index (χ1) is 9.27. The van der Waals surface area contributed by atoms with Crippen LogP contribution in [0.2, 0.25) is 0 Å². The summed E-state index contributed by atoms with van der Waals surface area (Å²) in [6, 6.07) is 7.51. The van der Waals surface area contributed by atoms with Gasteiger partial charge in [0.05, 0.1) is 13.2 Å². The van der Waals surface area contributed by atoms with Gasteiger partial charge in [-0.3, -0.25) is 0 Å². The Balaban J connectivity index is 2.18. The summed E-state index contributed by atoms with van der Waals surface area (Å²) in [5.41, 5.74) is 0.870. The highest BCUT2D eigenvalue weighted by atomic mass is 16.5. The summed E-state index contributed by atoms with van der Waals surface area (Å²) in [5.74, 6) is 0.768. The lowest BCUT2D eigenvalue weighted by atomic mass is 10.1. The van der Waals surface area contributed by atoms with Crippen molar-refractivity contribution in [3.05, 3.63) is 29.8 Å². The number of ether oxygens (including phenoxy) is 2. The molecule has 0 saturated heterocycles. The molecule has 1 atom stereocenters. The summed E-state index contributed by atoms with van der Waals surface area (Å²) in [6.45, 7) is 5.09. The number of rotatable bonds is 10. The molecule has 2 N–H and O–H groups in total. The first kappa shape index (κ1) is 16.0. The lowest BCUT2D eigenvalue weighted by Crippen LogP contribution is -2.23. The molecule has 0 fully saturated rings. The van der Waals surface area contributed by atoms with Crippen molar-refractivity contribution < 1.29 is 14.6 Å². The van der Waals surface area contributed by atoms with Crippen LogP contribution in [0.1, 0.15) is 31.4 Å². The van der Waals surface area contributed by atoms with Gasteiger partial charge >= 0.3 is 0 Å². The number of hydrogen-bond donors (Lipinski definition) is 2. The molecule has 0 radical (unpaired) electrons. The highest BCUT2D eigenvalue weighted by Gasteiger charge is 2.07. The van der Waals surface area contributed by atoms with Gasteiger partial charge in [0.2, 0.25) is 0 Å². The molecule has 1 aromatic rings. The molecule has 0 aliphatic rings. The van der Waals surface area contributed by atoms with E-state index in [0.717, 1.165) is 43.9 Å². The zero-order chi connectivity index (χ0) is 13.9. The van der Waals surface area contributed by atoms with Crippen LogP contribution in [0.5, 0.6) is 5.75 Å². The molecule has 0 amide bonds. The Bertz CT molecular complexity index is 344. The summed E-state index contributed by atoms with van der Waals surface area (Å²) >= 11 is 0. The van der Waals surface area contributed by atoms with Crippen molar-refractivity contribution in [2.75, 3.05) is 33.4 Å². The standard InChI is InChI=1S/C15H25NO3/c1-3-9-19-10-5-8-16-12-15(17)13-6-4-7-14(11-13)18-2/h4,6-7,11,15-17H,3,5,8-10,12H2,1-2H3. The van der Waals surface area contributed by atoms with Crippen LogP contribution in [-0.2, 0) is 4.74 Å². The molecule has 0 bridgehead atoms. The maximum atomic E-state index is 10.0. The molecule has 1 unspecified atom stereocenters. The first-order valence-electron chi connectivity index (χ1n) is 6.88. The van der Waals surface area contributed by atoms with E-state index in [2.05, 4.69) is 12.2 Å². The largest absolute Gasteiger partial charge is 0.497 e. The topological polar surface area (TPSA) is 50.7 Å². The van der Waals surface area contributed by atoms with Crippen molar-refractivity contribution in [3.63, 3.8) is 0 Å². The zero-order valence-corrected chi connectivity index (χ0v) is 11.9. The van der Waals surface area contributed by atoms with Gasteiger partial charge in [-0.15, -0.1) is 0 Å². The van der Waals surface area contributed by atoms with Crippen LogP contribution in [0, 0.1) is 0 Å². The lowest BCUT2D eigenvalue weighted by molar-refractivity contribution is 0.129. The summed E-state index contributed by atoms with van der Waals surface area (Å²) in [6.07, 6.45) is 1.51. The SMILES string of the molecule is CCCOCCCNCC(O)c1cccc(OC)c1. The van der Waals surface area contributed by atoms with E-state index in [1.54, 1.807) is 7.11 Å². The number of benzene rings is 1.